The minimum absolute atomic E-state index is 0.159. The molecular formula is C22H25Cl2N3O6. The van der Waals surface area contributed by atoms with E-state index < -0.39 is 17.7 Å². The first kappa shape index (κ1) is 26.2. The molecule has 0 saturated carbocycles. The minimum atomic E-state index is -1.47. The number of benzene rings is 2. The number of anilines is 1. The van der Waals surface area contributed by atoms with Gasteiger partial charge >= 0.3 is 0 Å². The standard InChI is InChI=1S/C22H25Cl2N3O6/c1-6-32-14-9-16(24)21(18(11-14)33-7-2)27-26-19(12(3)28)22(29)25-20-15(23)8-13(30-4)10-17(20)31-5/h8-11,19H,6-7H2,1-5H3,(H,25,29). The maximum atomic E-state index is 12.9. The van der Waals surface area contributed by atoms with Crippen molar-refractivity contribution in [2.75, 3.05) is 32.8 Å². The van der Waals surface area contributed by atoms with E-state index in [0.29, 0.717) is 30.5 Å². The van der Waals surface area contributed by atoms with Gasteiger partial charge in [-0.15, -0.1) is 5.11 Å². The van der Waals surface area contributed by atoms with E-state index in [-0.39, 0.29) is 27.2 Å². The van der Waals surface area contributed by atoms with Gasteiger partial charge in [0.15, 0.2) is 11.5 Å². The van der Waals surface area contributed by atoms with Gasteiger partial charge in [0.05, 0.1) is 37.5 Å². The monoisotopic (exact) mass is 497 g/mol. The summed E-state index contributed by atoms with van der Waals surface area (Å²) in [5.74, 6) is 0.190. The molecule has 2 aromatic rings. The summed E-state index contributed by atoms with van der Waals surface area (Å²) in [5.41, 5.74) is 0.335. The third-order valence-electron chi connectivity index (χ3n) is 4.25. The highest BCUT2D eigenvalue weighted by Gasteiger charge is 2.26. The number of ketones is 1. The summed E-state index contributed by atoms with van der Waals surface area (Å²) in [7, 11) is 2.88. The van der Waals surface area contributed by atoms with E-state index in [1.54, 1.807) is 25.1 Å². The quantitative estimate of drug-likeness (QED) is 0.324. The molecule has 1 atom stereocenters. The fraction of sp³-hybridized carbons (Fsp3) is 0.364. The molecule has 0 radical (unpaired) electrons. The van der Waals surface area contributed by atoms with Gasteiger partial charge in [0.2, 0.25) is 6.04 Å². The Morgan fingerprint density at radius 2 is 1.58 bits per heavy atom. The molecule has 0 aliphatic rings. The van der Waals surface area contributed by atoms with Gasteiger partial charge in [-0.1, -0.05) is 23.2 Å². The predicted octanol–water partition coefficient (Wildman–Crippen LogP) is 5.49. The smallest absolute Gasteiger partial charge is 0.258 e. The van der Waals surface area contributed by atoms with Gasteiger partial charge in [-0.25, -0.2) is 0 Å². The van der Waals surface area contributed by atoms with Crippen LogP contribution in [-0.4, -0.2) is 45.2 Å². The van der Waals surface area contributed by atoms with Crippen molar-refractivity contribution in [2.45, 2.75) is 26.8 Å². The zero-order valence-electron chi connectivity index (χ0n) is 18.9. The molecule has 178 valence electrons. The van der Waals surface area contributed by atoms with Crippen molar-refractivity contribution in [2.24, 2.45) is 10.2 Å². The summed E-state index contributed by atoms with van der Waals surface area (Å²) < 4.78 is 21.4. The lowest BCUT2D eigenvalue weighted by Crippen LogP contribution is -2.32. The molecule has 1 unspecified atom stereocenters. The van der Waals surface area contributed by atoms with Crippen molar-refractivity contribution in [1.29, 1.82) is 0 Å². The Morgan fingerprint density at radius 3 is 2.15 bits per heavy atom. The van der Waals surface area contributed by atoms with Crippen LogP contribution in [0.4, 0.5) is 11.4 Å². The van der Waals surface area contributed by atoms with E-state index in [2.05, 4.69) is 15.5 Å². The summed E-state index contributed by atoms with van der Waals surface area (Å²) in [6.07, 6.45) is 0. The number of hydrogen-bond donors (Lipinski definition) is 1. The second-order valence-electron chi connectivity index (χ2n) is 6.52. The molecule has 0 aliphatic carbocycles. The first-order valence-corrected chi connectivity index (χ1v) is 10.7. The summed E-state index contributed by atoms with van der Waals surface area (Å²) in [5, 5.41) is 10.9. The molecule has 0 fully saturated rings. The van der Waals surface area contributed by atoms with Crippen LogP contribution >= 0.6 is 23.2 Å². The van der Waals surface area contributed by atoms with Crippen molar-refractivity contribution in [3.8, 4) is 23.0 Å². The number of Topliss-reactive ketones (excluding diaryl/α,β-unsaturated/α-hetero) is 1. The Hall–Kier alpha value is -3.04. The van der Waals surface area contributed by atoms with Crippen molar-refractivity contribution in [3.05, 3.63) is 34.3 Å². The Labute approximate surface area is 202 Å². The molecule has 0 bridgehead atoms. The van der Waals surface area contributed by atoms with Gasteiger partial charge in [0.1, 0.15) is 28.6 Å². The van der Waals surface area contributed by atoms with Crippen LogP contribution in [0.1, 0.15) is 20.8 Å². The van der Waals surface area contributed by atoms with Gasteiger partial charge in [0, 0.05) is 24.3 Å². The predicted molar refractivity (Wildman–Crippen MR) is 126 cm³/mol. The number of carbonyl (C=O) groups is 2. The number of carbonyl (C=O) groups excluding carboxylic acids is 2. The number of ether oxygens (including phenoxy) is 4. The van der Waals surface area contributed by atoms with Gasteiger partial charge in [0.25, 0.3) is 5.91 Å². The molecule has 9 nitrogen and oxygen atoms in total. The van der Waals surface area contributed by atoms with Crippen LogP contribution in [0.2, 0.25) is 10.0 Å². The second-order valence-corrected chi connectivity index (χ2v) is 7.34. The summed E-state index contributed by atoms with van der Waals surface area (Å²) in [6, 6.07) is 4.73. The van der Waals surface area contributed by atoms with Gasteiger partial charge in [-0.3, -0.25) is 9.59 Å². The number of nitrogens with zero attached hydrogens (tertiary/aromatic N) is 2. The van der Waals surface area contributed by atoms with Crippen LogP contribution in [0.25, 0.3) is 0 Å². The fourth-order valence-electron chi connectivity index (χ4n) is 2.75. The van der Waals surface area contributed by atoms with Crippen molar-refractivity contribution in [3.63, 3.8) is 0 Å². The maximum absolute atomic E-state index is 12.9. The number of rotatable bonds is 11. The van der Waals surface area contributed by atoms with Crippen molar-refractivity contribution in [1.82, 2.24) is 0 Å². The molecule has 1 N–H and O–H groups in total. The number of methoxy groups -OCH3 is 2. The molecule has 11 heteroatoms. The van der Waals surface area contributed by atoms with E-state index in [0.717, 1.165) is 0 Å². The Bertz CT molecular complexity index is 1050. The number of nitrogens with one attached hydrogen (secondary N) is 1. The molecular weight excluding hydrogens is 473 g/mol. The van der Waals surface area contributed by atoms with Crippen LogP contribution in [0.3, 0.4) is 0 Å². The number of hydrogen-bond acceptors (Lipinski definition) is 8. The average molecular weight is 498 g/mol. The molecule has 2 rings (SSSR count). The van der Waals surface area contributed by atoms with Crippen LogP contribution in [0, 0.1) is 0 Å². The Morgan fingerprint density at radius 1 is 0.939 bits per heavy atom. The topological polar surface area (TPSA) is 108 Å². The fourth-order valence-corrected chi connectivity index (χ4v) is 3.23. The van der Waals surface area contributed by atoms with E-state index >= 15 is 0 Å². The van der Waals surface area contributed by atoms with E-state index in [1.165, 1.54) is 27.2 Å². The number of azo groups is 1. The largest absolute Gasteiger partial charge is 0.497 e. The van der Waals surface area contributed by atoms with Crippen LogP contribution in [-0.2, 0) is 9.59 Å². The average Bonchev–Trinajstić information content (AvgIpc) is 2.76. The number of amides is 1. The lowest BCUT2D eigenvalue weighted by Gasteiger charge is -2.15. The molecule has 0 heterocycles. The third kappa shape index (κ3) is 6.72. The Kier molecular flexibility index (Phi) is 9.74. The first-order chi connectivity index (χ1) is 15.7. The van der Waals surface area contributed by atoms with E-state index in [9.17, 15) is 9.59 Å². The summed E-state index contributed by atoms with van der Waals surface area (Å²) in [4.78, 5) is 25.1. The highest BCUT2D eigenvalue weighted by molar-refractivity contribution is 6.34. The lowest BCUT2D eigenvalue weighted by atomic mass is 10.2. The Balaban J connectivity index is 2.37. The summed E-state index contributed by atoms with van der Waals surface area (Å²) in [6.45, 7) is 5.62. The molecule has 0 aliphatic heterocycles. The third-order valence-corrected chi connectivity index (χ3v) is 4.84. The van der Waals surface area contributed by atoms with Crippen molar-refractivity contribution >= 4 is 46.3 Å². The summed E-state index contributed by atoms with van der Waals surface area (Å²) >= 11 is 12.6. The van der Waals surface area contributed by atoms with E-state index in [1.807, 2.05) is 6.92 Å². The first-order valence-electron chi connectivity index (χ1n) is 9.98. The van der Waals surface area contributed by atoms with Crippen LogP contribution < -0.4 is 24.3 Å². The zero-order chi connectivity index (χ0) is 24.5. The maximum Gasteiger partial charge on any atom is 0.258 e. The lowest BCUT2D eigenvalue weighted by molar-refractivity contribution is -0.126. The van der Waals surface area contributed by atoms with Gasteiger partial charge in [-0.05, 0) is 20.8 Å². The van der Waals surface area contributed by atoms with Crippen LogP contribution in [0.5, 0.6) is 23.0 Å². The molecule has 0 saturated heterocycles. The molecule has 2 aromatic carbocycles. The normalized spacial score (nSPS) is 11.7. The van der Waals surface area contributed by atoms with Gasteiger partial charge < -0.3 is 24.3 Å². The minimum Gasteiger partial charge on any atom is -0.497 e. The molecule has 33 heavy (non-hydrogen) atoms. The second kappa shape index (κ2) is 12.3. The van der Waals surface area contributed by atoms with Crippen molar-refractivity contribution < 1.29 is 28.5 Å². The van der Waals surface area contributed by atoms with Gasteiger partial charge in [-0.2, -0.15) is 5.11 Å². The SMILES string of the molecule is CCOc1cc(Cl)c(N=NC(C(C)=O)C(=O)Nc2c(Cl)cc(OC)cc2OC)c(OCC)c1. The number of halogens is 2. The van der Waals surface area contributed by atoms with Crippen LogP contribution in [0.15, 0.2) is 34.5 Å². The molecule has 0 spiro atoms. The molecule has 0 aromatic heterocycles. The zero-order valence-corrected chi connectivity index (χ0v) is 20.4. The van der Waals surface area contributed by atoms with E-state index in [4.69, 9.17) is 42.1 Å². The highest BCUT2D eigenvalue weighted by atomic mass is 35.5. The highest BCUT2D eigenvalue weighted by Crippen LogP contribution is 2.40. The molecule has 1 amide bonds.